The molecule has 5 nitrogen and oxygen atoms in total. The van der Waals surface area contributed by atoms with Gasteiger partial charge in [0.15, 0.2) is 10.1 Å². The molecule has 1 N–H and O–H groups in total. The molecule has 0 saturated carbocycles. The summed E-state index contributed by atoms with van der Waals surface area (Å²) in [4.78, 5) is 23.4. The summed E-state index contributed by atoms with van der Waals surface area (Å²) in [6.45, 7) is 1.49. The largest absolute Gasteiger partial charge is 0.325 e. The first-order valence-electron chi connectivity index (χ1n) is 6.45. The van der Waals surface area contributed by atoms with E-state index in [2.05, 4.69) is 15.5 Å². The van der Waals surface area contributed by atoms with Gasteiger partial charge >= 0.3 is 0 Å². The van der Waals surface area contributed by atoms with Crippen LogP contribution in [0, 0.1) is 0 Å². The monoisotopic (exact) mass is 321 g/mol. The van der Waals surface area contributed by atoms with Crippen molar-refractivity contribution < 1.29 is 9.59 Å². The lowest BCUT2D eigenvalue weighted by Gasteiger charge is -2.08. The number of hydrogen-bond acceptors (Lipinski definition) is 6. The highest BCUT2D eigenvalue weighted by molar-refractivity contribution is 8.00. The first-order valence-corrected chi connectivity index (χ1v) is 8.32. The van der Waals surface area contributed by atoms with Crippen molar-refractivity contribution in [3.63, 3.8) is 0 Å². The number of benzene rings is 1. The Bertz CT molecular complexity index is 614. The lowest BCUT2D eigenvalue weighted by molar-refractivity contribution is -0.116. The molecule has 0 unspecified atom stereocenters. The summed E-state index contributed by atoms with van der Waals surface area (Å²) in [5.74, 6) is 0.677. The Balaban J connectivity index is 1.78. The van der Waals surface area contributed by atoms with E-state index in [1.54, 1.807) is 41.5 Å². The highest BCUT2D eigenvalue weighted by atomic mass is 32.2. The van der Waals surface area contributed by atoms with Gasteiger partial charge < -0.3 is 5.32 Å². The second-order valence-electron chi connectivity index (χ2n) is 4.31. The molecule has 0 saturated heterocycles. The molecular formula is C14H15N3O2S2. The minimum atomic E-state index is -0.0819. The first-order chi connectivity index (χ1) is 10.2. The third-order valence-electron chi connectivity index (χ3n) is 2.69. The lowest BCUT2D eigenvalue weighted by atomic mass is 10.1. The normalized spacial score (nSPS) is 10.3. The van der Waals surface area contributed by atoms with Gasteiger partial charge in [0.2, 0.25) is 5.91 Å². The van der Waals surface area contributed by atoms with E-state index in [1.807, 2.05) is 0 Å². The predicted octanol–water partition coefficient (Wildman–Crippen LogP) is 3.25. The Morgan fingerprint density at radius 2 is 2.14 bits per heavy atom. The van der Waals surface area contributed by atoms with Crippen LogP contribution in [0.3, 0.4) is 0 Å². The van der Waals surface area contributed by atoms with Crippen LogP contribution in [0.5, 0.6) is 0 Å². The van der Waals surface area contributed by atoms with Gasteiger partial charge in [-0.1, -0.05) is 35.2 Å². The average Bonchev–Trinajstić information content (AvgIpc) is 2.97. The number of anilines is 1. The van der Waals surface area contributed by atoms with E-state index in [0.717, 1.165) is 16.5 Å². The number of carbonyl (C=O) groups is 2. The number of hydrogen-bond donors (Lipinski definition) is 1. The molecule has 1 amide bonds. The molecule has 0 aliphatic rings. The van der Waals surface area contributed by atoms with E-state index in [-0.39, 0.29) is 11.7 Å². The maximum atomic E-state index is 11.9. The Morgan fingerprint density at radius 3 is 2.86 bits per heavy atom. The highest BCUT2D eigenvalue weighted by Crippen LogP contribution is 2.20. The molecule has 2 aromatic rings. The van der Waals surface area contributed by atoms with Gasteiger partial charge in [-0.15, -0.1) is 10.2 Å². The van der Waals surface area contributed by atoms with Crippen molar-refractivity contribution in [3.05, 3.63) is 35.3 Å². The number of Topliss-reactive ketones (excluding diaryl/α,β-unsaturated/α-hetero) is 1. The maximum Gasteiger partial charge on any atom is 0.224 e. The summed E-state index contributed by atoms with van der Waals surface area (Å²) >= 11 is 3.09. The van der Waals surface area contributed by atoms with E-state index < -0.39 is 0 Å². The Labute approximate surface area is 131 Å². The standard InChI is InChI=1S/C14H15N3O2S2/c1-10(18)11-5-2-3-6-12(11)16-13(19)7-4-8-20-14-17-15-9-21-14/h2-3,5-6,9H,4,7-8H2,1H3,(H,16,19). The first kappa shape index (κ1) is 15.7. The zero-order valence-corrected chi connectivity index (χ0v) is 13.2. The Kier molecular flexibility index (Phi) is 5.89. The van der Waals surface area contributed by atoms with E-state index in [9.17, 15) is 9.59 Å². The van der Waals surface area contributed by atoms with Gasteiger partial charge in [-0.25, -0.2) is 0 Å². The summed E-state index contributed by atoms with van der Waals surface area (Å²) in [5.41, 5.74) is 2.80. The van der Waals surface area contributed by atoms with E-state index in [4.69, 9.17) is 0 Å². The van der Waals surface area contributed by atoms with Gasteiger partial charge in [0.05, 0.1) is 5.69 Å². The number of aromatic nitrogens is 2. The second kappa shape index (κ2) is 7.90. The molecule has 0 bridgehead atoms. The maximum absolute atomic E-state index is 11.9. The molecular weight excluding hydrogens is 306 g/mol. The lowest BCUT2D eigenvalue weighted by Crippen LogP contribution is -2.13. The SMILES string of the molecule is CC(=O)c1ccccc1NC(=O)CCCSc1nncs1. The van der Waals surface area contributed by atoms with Crippen molar-refractivity contribution in [2.45, 2.75) is 24.1 Å². The highest BCUT2D eigenvalue weighted by Gasteiger charge is 2.09. The minimum Gasteiger partial charge on any atom is -0.325 e. The molecule has 110 valence electrons. The van der Waals surface area contributed by atoms with Crippen molar-refractivity contribution in [1.29, 1.82) is 0 Å². The fourth-order valence-corrected chi connectivity index (χ4v) is 3.23. The van der Waals surface area contributed by atoms with Crippen LogP contribution >= 0.6 is 23.1 Å². The quantitative estimate of drug-likeness (QED) is 0.481. The van der Waals surface area contributed by atoms with Crippen LogP contribution < -0.4 is 5.32 Å². The van der Waals surface area contributed by atoms with Crippen molar-refractivity contribution >= 4 is 40.5 Å². The number of carbonyl (C=O) groups excluding carboxylic acids is 2. The van der Waals surface area contributed by atoms with Crippen molar-refractivity contribution in [1.82, 2.24) is 10.2 Å². The second-order valence-corrected chi connectivity index (χ2v) is 6.48. The number of nitrogens with zero attached hydrogens (tertiary/aromatic N) is 2. The van der Waals surface area contributed by atoms with Crippen LogP contribution in [0.2, 0.25) is 0 Å². The number of amides is 1. The number of rotatable bonds is 7. The number of ketones is 1. The molecule has 7 heteroatoms. The van der Waals surface area contributed by atoms with Crippen molar-refractivity contribution in [2.75, 3.05) is 11.1 Å². The zero-order valence-electron chi connectivity index (χ0n) is 11.5. The topological polar surface area (TPSA) is 72.0 Å². The summed E-state index contributed by atoms with van der Waals surface area (Å²) < 4.78 is 0.914. The Hall–Kier alpha value is -1.73. The third-order valence-corrected chi connectivity index (χ3v) is 4.64. The summed E-state index contributed by atoms with van der Waals surface area (Å²) in [5, 5.41) is 10.5. The van der Waals surface area contributed by atoms with Crippen LogP contribution in [0.1, 0.15) is 30.1 Å². The van der Waals surface area contributed by atoms with Gasteiger partial charge in [-0.2, -0.15) is 0 Å². The fourth-order valence-electron chi connectivity index (χ4n) is 1.73. The van der Waals surface area contributed by atoms with Gasteiger partial charge in [-0.05, 0) is 25.5 Å². The molecule has 0 fully saturated rings. The van der Waals surface area contributed by atoms with Gasteiger partial charge in [0, 0.05) is 17.7 Å². The summed E-state index contributed by atoms with van der Waals surface area (Å²) in [6, 6.07) is 7.03. The molecule has 1 heterocycles. The smallest absolute Gasteiger partial charge is 0.224 e. The summed E-state index contributed by atoms with van der Waals surface area (Å²) in [6.07, 6.45) is 1.16. The van der Waals surface area contributed by atoms with Crippen LogP contribution in [0.25, 0.3) is 0 Å². The van der Waals surface area contributed by atoms with Gasteiger partial charge in [-0.3, -0.25) is 9.59 Å². The zero-order chi connectivity index (χ0) is 15.1. The molecule has 0 aliphatic heterocycles. The molecule has 0 radical (unpaired) electrons. The summed E-state index contributed by atoms with van der Waals surface area (Å²) in [7, 11) is 0. The van der Waals surface area contributed by atoms with Crippen LogP contribution in [-0.2, 0) is 4.79 Å². The number of thioether (sulfide) groups is 1. The van der Waals surface area contributed by atoms with Crippen LogP contribution in [-0.4, -0.2) is 27.6 Å². The fraction of sp³-hybridized carbons (Fsp3) is 0.286. The Morgan fingerprint density at radius 1 is 1.33 bits per heavy atom. The predicted molar refractivity (Wildman–Crippen MR) is 84.9 cm³/mol. The molecule has 1 aromatic heterocycles. The average molecular weight is 321 g/mol. The van der Waals surface area contributed by atoms with E-state index in [1.165, 1.54) is 18.3 Å². The van der Waals surface area contributed by atoms with Gasteiger partial charge in [0.25, 0.3) is 0 Å². The molecule has 0 spiro atoms. The molecule has 0 aliphatic carbocycles. The molecule has 21 heavy (non-hydrogen) atoms. The van der Waals surface area contributed by atoms with Crippen LogP contribution in [0.15, 0.2) is 34.1 Å². The van der Waals surface area contributed by atoms with Gasteiger partial charge in [0.1, 0.15) is 5.51 Å². The third kappa shape index (κ3) is 4.95. The molecule has 1 aromatic carbocycles. The minimum absolute atomic E-state index is 0.0577. The van der Waals surface area contributed by atoms with E-state index in [0.29, 0.717) is 17.7 Å². The number of para-hydroxylation sites is 1. The molecule has 0 atom stereocenters. The molecule has 2 rings (SSSR count). The van der Waals surface area contributed by atoms with Crippen molar-refractivity contribution in [2.24, 2.45) is 0 Å². The van der Waals surface area contributed by atoms with E-state index >= 15 is 0 Å². The number of nitrogens with one attached hydrogen (secondary N) is 1. The van der Waals surface area contributed by atoms with Crippen molar-refractivity contribution in [3.8, 4) is 0 Å². The van der Waals surface area contributed by atoms with Crippen LogP contribution in [0.4, 0.5) is 5.69 Å².